The highest BCUT2D eigenvalue weighted by Crippen LogP contribution is 2.26. The molecule has 138 valence electrons. The number of carbonyl (C=O) groups is 1. The molecule has 1 rings (SSSR count). The number of ether oxygens (including phenoxy) is 2. The first-order valence-corrected chi connectivity index (χ1v) is 8.97. The van der Waals surface area contributed by atoms with Crippen LogP contribution in [0.15, 0.2) is 18.2 Å². The van der Waals surface area contributed by atoms with Gasteiger partial charge in [-0.3, -0.25) is 4.79 Å². The van der Waals surface area contributed by atoms with Crippen LogP contribution in [-0.2, 0) is 9.53 Å². The number of nitriles is 1. The smallest absolute Gasteiger partial charge is 0.256 e. The van der Waals surface area contributed by atoms with Crippen LogP contribution in [0.5, 0.6) is 5.75 Å². The van der Waals surface area contributed by atoms with Gasteiger partial charge in [-0.25, -0.2) is 0 Å². The number of amides is 1. The number of benzene rings is 1. The fourth-order valence-electron chi connectivity index (χ4n) is 2.39. The van der Waals surface area contributed by atoms with Crippen molar-refractivity contribution in [1.29, 1.82) is 5.26 Å². The molecule has 0 saturated heterocycles. The molecule has 0 heterocycles. The van der Waals surface area contributed by atoms with E-state index in [9.17, 15) is 10.1 Å². The SMILES string of the molecule is CCCCC[C@@](C)(OC)C(=O)Nc1ccc(O[C@@H](C)CC)cc1C#N. The van der Waals surface area contributed by atoms with Gasteiger partial charge in [0.05, 0.1) is 17.4 Å². The van der Waals surface area contributed by atoms with Gasteiger partial charge in [0, 0.05) is 13.2 Å². The highest BCUT2D eigenvalue weighted by Gasteiger charge is 2.32. The van der Waals surface area contributed by atoms with E-state index < -0.39 is 5.60 Å². The van der Waals surface area contributed by atoms with Crippen molar-refractivity contribution < 1.29 is 14.3 Å². The van der Waals surface area contributed by atoms with Crippen molar-refractivity contribution in [1.82, 2.24) is 0 Å². The Bertz CT molecular complexity index is 609. The van der Waals surface area contributed by atoms with Gasteiger partial charge < -0.3 is 14.8 Å². The second-order valence-corrected chi connectivity index (χ2v) is 6.50. The van der Waals surface area contributed by atoms with Crippen LogP contribution >= 0.6 is 0 Å². The minimum Gasteiger partial charge on any atom is -0.491 e. The maximum Gasteiger partial charge on any atom is 0.256 e. The van der Waals surface area contributed by atoms with E-state index in [1.807, 2.05) is 13.8 Å². The van der Waals surface area contributed by atoms with E-state index in [4.69, 9.17) is 9.47 Å². The first-order valence-electron chi connectivity index (χ1n) is 8.97. The zero-order valence-corrected chi connectivity index (χ0v) is 16.0. The quantitative estimate of drug-likeness (QED) is 0.625. The third-order valence-corrected chi connectivity index (χ3v) is 4.46. The molecule has 1 amide bonds. The van der Waals surface area contributed by atoms with Crippen LogP contribution in [0.25, 0.3) is 0 Å². The van der Waals surface area contributed by atoms with Gasteiger partial charge in [-0.05, 0) is 38.8 Å². The van der Waals surface area contributed by atoms with Crippen LogP contribution in [0.3, 0.4) is 0 Å². The van der Waals surface area contributed by atoms with Crippen LogP contribution in [0.2, 0.25) is 0 Å². The van der Waals surface area contributed by atoms with E-state index in [0.29, 0.717) is 23.4 Å². The average molecular weight is 346 g/mol. The molecule has 0 fully saturated rings. The summed E-state index contributed by atoms with van der Waals surface area (Å²) in [4.78, 5) is 12.7. The molecule has 0 bridgehead atoms. The monoisotopic (exact) mass is 346 g/mol. The molecule has 0 aliphatic heterocycles. The van der Waals surface area contributed by atoms with Crippen molar-refractivity contribution in [2.75, 3.05) is 12.4 Å². The summed E-state index contributed by atoms with van der Waals surface area (Å²) in [5.41, 5.74) is -0.0581. The van der Waals surface area contributed by atoms with Crippen molar-refractivity contribution in [3.05, 3.63) is 23.8 Å². The zero-order valence-electron chi connectivity index (χ0n) is 16.0. The number of methoxy groups -OCH3 is 1. The maximum atomic E-state index is 12.7. The summed E-state index contributed by atoms with van der Waals surface area (Å²) in [5, 5.41) is 12.2. The Morgan fingerprint density at radius 2 is 2.08 bits per heavy atom. The number of nitrogens with zero attached hydrogens (tertiary/aromatic N) is 1. The minimum absolute atomic E-state index is 0.0716. The van der Waals surface area contributed by atoms with Gasteiger partial charge in [0.1, 0.15) is 17.4 Å². The molecule has 2 atom stereocenters. The van der Waals surface area contributed by atoms with Gasteiger partial charge >= 0.3 is 0 Å². The van der Waals surface area contributed by atoms with E-state index >= 15 is 0 Å². The molecule has 1 N–H and O–H groups in total. The topological polar surface area (TPSA) is 71.3 Å². The van der Waals surface area contributed by atoms with Gasteiger partial charge in [0.15, 0.2) is 0 Å². The molecule has 5 heteroatoms. The van der Waals surface area contributed by atoms with Crippen molar-refractivity contribution in [2.24, 2.45) is 0 Å². The van der Waals surface area contributed by atoms with Crippen molar-refractivity contribution in [2.45, 2.75) is 71.5 Å². The molecule has 1 aromatic carbocycles. The molecule has 0 radical (unpaired) electrons. The molecule has 1 aromatic rings. The number of hydrogen-bond donors (Lipinski definition) is 1. The highest BCUT2D eigenvalue weighted by molar-refractivity contribution is 5.98. The molecular formula is C20H30N2O3. The summed E-state index contributed by atoms with van der Waals surface area (Å²) >= 11 is 0. The van der Waals surface area contributed by atoms with E-state index in [0.717, 1.165) is 25.7 Å². The number of rotatable bonds is 10. The van der Waals surface area contributed by atoms with Gasteiger partial charge in [-0.15, -0.1) is 0 Å². The number of carbonyl (C=O) groups excluding carboxylic acids is 1. The summed E-state index contributed by atoms with van der Waals surface area (Å²) in [6.45, 7) is 7.91. The largest absolute Gasteiger partial charge is 0.491 e. The maximum absolute atomic E-state index is 12.7. The van der Waals surface area contributed by atoms with Crippen LogP contribution < -0.4 is 10.1 Å². The van der Waals surface area contributed by atoms with Gasteiger partial charge in [-0.2, -0.15) is 5.26 Å². The van der Waals surface area contributed by atoms with Crippen LogP contribution in [0.1, 0.15) is 65.4 Å². The minimum atomic E-state index is -0.909. The van der Waals surface area contributed by atoms with Gasteiger partial charge in [0.25, 0.3) is 5.91 Å². The molecule has 25 heavy (non-hydrogen) atoms. The second-order valence-electron chi connectivity index (χ2n) is 6.50. The molecule has 0 aliphatic rings. The van der Waals surface area contributed by atoms with Crippen molar-refractivity contribution in [3.63, 3.8) is 0 Å². The first-order chi connectivity index (χ1) is 11.9. The Labute approximate surface area is 151 Å². The lowest BCUT2D eigenvalue weighted by Gasteiger charge is -2.27. The van der Waals surface area contributed by atoms with Gasteiger partial charge in [0.2, 0.25) is 0 Å². The predicted octanol–water partition coefficient (Wildman–Crippen LogP) is 4.66. The normalized spacial score (nSPS) is 14.2. The molecule has 0 unspecified atom stereocenters. The lowest BCUT2D eigenvalue weighted by atomic mass is 9.96. The Kier molecular flexibility index (Phi) is 8.44. The Balaban J connectivity index is 2.90. The number of hydrogen-bond acceptors (Lipinski definition) is 4. The number of nitrogens with one attached hydrogen (secondary N) is 1. The van der Waals surface area contributed by atoms with Crippen molar-refractivity contribution >= 4 is 11.6 Å². The second kappa shape index (κ2) is 10.0. The molecule has 0 aromatic heterocycles. The molecule has 0 saturated carbocycles. The van der Waals surface area contributed by atoms with Crippen LogP contribution in [0, 0.1) is 11.3 Å². The number of unbranched alkanes of at least 4 members (excludes halogenated alkanes) is 2. The fraction of sp³-hybridized carbons (Fsp3) is 0.600. The number of anilines is 1. The summed E-state index contributed by atoms with van der Waals surface area (Å²) in [6, 6.07) is 7.25. The average Bonchev–Trinajstić information content (AvgIpc) is 2.62. The fourth-order valence-corrected chi connectivity index (χ4v) is 2.39. The van der Waals surface area contributed by atoms with Crippen molar-refractivity contribution in [3.8, 4) is 11.8 Å². The predicted molar refractivity (Wildman–Crippen MR) is 99.7 cm³/mol. The summed E-state index contributed by atoms with van der Waals surface area (Å²) in [6.07, 6.45) is 4.64. The standard InChI is InChI=1S/C20H30N2O3/c1-6-8-9-12-20(4,24-5)19(23)22-18-11-10-17(13-16(18)14-21)25-15(3)7-2/h10-11,13,15H,6-9,12H2,1-5H3,(H,22,23)/t15-,20+/m0/s1. The zero-order chi connectivity index (χ0) is 18.9. The van der Waals surface area contributed by atoms with E-state index in [1.54, 1.807) is 32.2 Å². The highest BCUT2D eigenvalue weighted by atomic mass is 16.5. The summed E-state index contributed by atoms with van der Waals surface area (Å²) < 4.78 is 11.2. The van der Waals surface area contributed by atoms with Crippen LogP contribution in [0.4, 0.5) is 5.69 Å². The van der Waals surface area contributed by atoms with E-state index in [2.05, 4.69) is 18.3 Å². The Morgan fingerprint density at radius 1 is 1.36 bits per heavy atom. The lowest BCUT2D eigenvalue weighted by molar-refractivity contribution is -0.136. The lowest BCUT2D eigenvalue weighted by Crippen LogP contribution is -2.42. The third kappa shape index (κ3) is 6.06. The summed E-state index contributed by atoms with van der Waals surface area (Å²) in [5.74, 6) is 0.388. The molecule has 5 nitrogen and oxygen atoms in total. The molecule has 0 aliphatic carbocycles. The van der Waals surface area contributed by atoms with Crippen LogP contribution in [-0.4, -0.2) is 24.7 Å². The molecular weight excluding hydrogens is 316 g/mol. The van der Waals surface area contributed by atoms with E-state index in [-0.39, 0.29) is 12.0 Å². The first kappa shape index (κ1) is 21.0. The van der Waals surface area contributed by atoms with E-state index in [1.165, 1.54) is 0 Å². The Hall–Kier alpha value is -2.06. The van der Waals surface area contributed by atoms with Gasteiger partial charge in [-0.1, -0.05) is 33.1 Å². The Morgan fingerprint density at radius 3 is 2.64 bits per heavy atom. The molecule has 0 spiro atoms. The summed E-state index contributed by atoms with van der Waals surface area (Å²) in [7, 11) is 1.54. The third-order valence-electron chi connectivity index (χ3n) is 4.46.